The highest BCUT2D eigenvalue weighted by Crippen LogP contribution is 2.37. The molecule has 0 aliphatic rings. The number of para-hydroxylation sites is 1. The summed E-state index contributed by atoms with van der Waals surface area (Å²) in [6, 6.07) is 7.53. The molecule has 4 heteroatoms. The molecule has 4 nitrogen and oxygen atoms in total. The molecule has 202 valence electrons. The minimum Gasteiger partial charge on any atom is -0.455 e. The minimum absolute atomic E-state index is 0.0361. The van der Waals surface area contributed by atoms with Gasteiger partial charge in [-0.3, -0.25) is 0 Å². The highest BCUT2D eigenvalue weighted by molar-refractivity contribution is 6.10. The monoisotopic (exact) mass is 566 g/mol. The third-order valence-corrected chi connectivity index (χ3v) is 6.61. The van der Waals surface area contributed by atoms with Gasteiger partial charge in [0.1, 0.15) is 11.2 Å². The van der Waals surface area contributed by atoms with Crippen LogP contribution in [-0.4, -0.2) is 15.0 Å². The standard InChI is InChI=1S/C39H25N3O/c1-4-12-26(13-5-1)29-18-10-19-30(24-29)38-40-37(28-16-8-3-9-17-28)41-39(42-38)31-22-23-33-34-21-11-20-32(27-14-6-2-7-15-27)36(34)43-35(33)25-31/h1-25H/i1D,4D,5D,10D,11D,12D,13D,18D,19D,20D,21D,22D,23D,24D,25D. The molecule has 6 aromatic carbocycles. The third kappa shape index (κ3) is 4.65. The lowest BCUT2D eigenvalue weighted by Gasteiger charge is -2.09. The Labute approximate surface area is 270 Å². The van der Waals surface area contributed by atoms with Crippen molar-refractivity contribution in [3.63, 3.8) is 0 Å². The molecule has 0 spiro atoms. The van der Waals surface area contributed by atoms with Crippen LogP contribution in [0, 0.1) is 0 Å². The maximum atomic E-state index is 9.37. The Balaban J connectivity index is 1.46. The van der Waals surface area contributed by atoms with Crippen molar-refractivity contribution >= 4 is 21.9 Å². The van der Waals surface area contributed by atoms with Crippen LogP contribution in [0.1, 0.15) is 20.6 Å². The molecule has 8 aromatic rings. The fraction of sp³-hybridized carbons (Fsp3) is 0. The second-order valence-electron chi connectivity index (χ2n) is 9.30. The van der Waals surface area contributed by atoms with E-state index in [-0.39, 0.29) is 44.9 Å². The Morgan fingerprint density at radius 2 is 1.05 bits per heavy atom. The van der Waals surface area contributed by atoms with E-state index in [2.05, 4.69) is 15.0 Å². The number of benzene rings is 6. The molecule has 8 rings (SSSR count). The van der Waals surface area contributed by atoms with Crippen molar-refractivity contribution in [3.05, 3.63) is 151 Å². The summed E-state index contributed by atoms with van der Waals surface area (Å²) in [7, 11) is 0. The molecule has 0 bridgehead atoms. The number of furan rings is 1. The first-order valence-corrected chi connectivity index (χ1v) is 13.1. The molecular formula is C39H25N3O. The lowest BCUT2D eigenvalue weighted by molar-refractivity contribution is 0.670. The molecular weight excluding hydrogens is 526 g/mol. The van der Waals surface area contributed by atoms with Crippen molar-refractivity contribution in [2.24, 2.45) is 0 Å². The predicted molar refractivity (Wildman–Crippen MR) is 174 cm³/mol. The predicted octanol–water partition coefficient (Wildman–Crippen LogP) is 10.1. The zero-order chi connectivity index (χ0) is 41.6. The maximum Gasteiger partial charge on any atom is 0.164 e. The van der Waals surface area contributed by atoms with Crippen molar-refractivity contribution in [2.45, 2.75) is 0 Å². The van der Waals surface area contributed by atoms with Crippen LogP contribution in [-0.2, 0) is 0 Å². The van der Waals surface area contributed by atoms with Crippen molar-refractivity contribution in [1.82, 2.24) is 15.0 Å². The number of fused-ring (bicyclic) bond motifs is 3. The van der Waals surface area contributed by atoms with Crippen LogP contribution in [0.2, 0.25) is 0 Å². The first-order valence-electron chi connectivity index (χ1n) is 20.6. The lowest BCUT2D eigenvalue weighted by Crippen LogP contribution is -2.00. The van der Waals surface area contributed by atoms with Gasteiger partial charge in [-0.2, -0.15) is 0 Å². The molecule has 0 N–H and O–H groups in total. The van der Waals surface area contributed by atoms with Crippen LogP contribution in [0.3, 0.4) is 0 Å². The summed E-state index contributed by atoms with van der Waals surface area (Å²) in [5, 5.41) is -0.150. The van der Waals surface area contributed by atoms with Gasteiger partial charge in [-0.1, -0.05) is 133 Å². The van der Waals surface area contributed by atoms with E-state index < -0.39 is 113 Å². The van der Waals surface area contributed by atoms with Gasteiger partial charge in [-0.15, -0.1) is 0 Å². The molecule has 0 radical (unpaired) electrons. The third-order valence-electron chi connectivity index (χ3n) is 6.61. The van der Waals surface area contributed by atoms with Crippen LogP contribution >= 0.6 is 0 Å². The molecule has 2 heterocycles. The van der Waals surface area contributed by atoms with Gasteiger partial charge in [0.15, 0.2) is 17.5 Å². The van der Waals surface area contributed by atoms with Crippen molar-refractivity contribution < 1.29 is 25.0 Å². The molecule has 0 unspecified atom stereocenters. The first kappa shape index (κ1) is 13.9. The van der Waals surface area contributed by atoms with E-state index in [1.54, 1.807) is 60.7 Å². The van der Waals surface area contributed by atoms with E-state index in [4.69, 9.17) is 20.9 Å². The summed E-state index contributed by atoms with van der Waals surface area (Å²) in [6.45, 7) is 0. The molecule has 0 saturated carbocycles. The second-order valence-corrected chi connectivity index (χ2v) is 9.30. The van der Waals surface area contributed by atoms with Crippen molar-refractivity contribution in [3.8, 4) is 56.4 Å². The van der Waals surface area contributed by atoms with Gasteiger partial charge in [0.2, 0.25) is 0 Å². The Morgan fingerprint density at radius 1 is 0.442 bits per heavy atom. The summed E-state index contributed by atoms with van der Waals surface area (Å²) >= 11 is 0. The van der Waals surface area contributed by atoms with Crippen LogP contribution in [0.4, 0.5) is 0 Å². The van der Waals surface area contributed by atoms with E-state index in [1.165, 1.54) is 0 Å². The average molecular weight is 567 g/mol. The topological polar surface area (TPSA) is 51.8 Å². The van der Waals surface area contributed by atoms with E-state index >= 15 is 0 Å². The number of hydrogen-bond donors (Lipinski definition) is 0. The number of aromatic nitrogens is 3. The summed E-state index contributed by atoms with van der Waals surface area (Å²) in [6.07, 6.45) is 0. The Bertz CT molecular complexity index is 3040. The fourth-order valence-electron chi connectivity index (χ4n) is 4.61. The van der Waals surface area contributed by atoms with Gasteiger partial charge in [0.25, 0.3) is 0 Å². The van der Waals surface area contributed by atoms with E-state index in [9.17, 15) is 4.11 Å². The molecule has 0 saturated heterocycles. The highest BCUT2D eigenvalue weighted by Gasteiger charge is 2.16. The first-order chi connectivity index (χ1) is 27.6. The largest absolute Gasteiger partial charge is 0.455 e. The minimum atomic E-state index is -0.765. The summed E-state index contributed by atoms with van der Waals surface area (Å²) in [4.78, 5) is 13.6. The molecule has 0 atom stereocenters. The Morgan fingerprint density at radius 3 is 1.79 bits per heavy atom. The van der Waals surface area contributed by atoms with Crippen LogP contribution < -0.4 is 0 Å². The van der Waals surface area contributed by atoms with Crippen LogP contribution in [0.15, 0.2) is 156 Å². The van der Waals surface area contributed by atoms with Gasteiger partial charge < -0.3 is 4.42 Å². The molecule has 0 aliphatic heterocycles. The maximum absolute atomic E-state index is 9.37. The van der Waals surface area contributed by atoms with Crippen molar-refractivity contribution in [1.29, 1.82) is 0 Å². The van der Waals surface area contributed by atoms with Gasteiger partial charge in [-0.25, -0.2) is 15.0 Å². The summed E-state index contributed by atoms with van der Waals surface area (Å²) < 4.78 is 137. The Kier molecular flexibility index (Phi) is 3.39. The van der Waals surface area contributed by atoms with Crippen molar-refractivity contribution in [2.75, 3.05) is 0 Å². The smallest absolute Gasteiger partial charge is 0.164 e. The molecule has 43 heavy (non-hydrogen) atoms. The summed E-state index contributed by atoms with van der Waals surface area (Å²) in [5.41, 5.74) is -1.20. The zero-order valence-corrected chi connectivity index (χ0v) is 22.0. The molecule has 0 fully saturated rings. The highest BCUT2D eigenvalue weighted by atomic mass is 16.3. The van der Waals surface area contributed by atoms with Crippen LogP contribution in [0.5, 0.6) is 0 Å². The molecule has 0 aliphatic carbocycles. The number of hydrogen-bond acceptors (Lipinski definition) is 4. The number of nitrogens with zero attached hydrogens (tertiary/aromatic N) is 3. The van der Waals surface area contributed by atoms with E-state index in [1.807, 2.05) is 0 Å². The molecule has 2 aromatic heterocycles. The van der Waals surface area contributed by atoms with E-state index in [0.717, 1.165) is 0 Å². The lowest BCUT2D eigenvalue weighted by atomic mass is 10.0. The van der Waals surface area contributed by atoms with Gasteiger partial charge in [0, 0.05) is 33.0 Å². The number of rotatable bonds is 5. The Hall–Kier alpha value is -5.87. The van der Waals surface area contributed by atoms with E-state index in [0.29, 0.717) is 11.1 Å². The summed E-state index contributed by atoms with van der Waals surface area (Å²) in [5.74, 6) is -0.928. The quantitative estimate of drug-likeness (QED) is 0.208. The van der Waals surface area contributed by atoms with Gasteiger partial charge >= 0.3 is 0 Å². The van der Waals surface area contributed by atoms with Gasteiger partial charge in [-0.05, 0) is 34.8 Å². The fourth-order valence-corrected chi connectivity index (χ4v) is 4.61. The second kappa shape index (κ2) is 10.5. The SMILES string of the molecule is [2H]c1c([2H])c([2H])c(-c2c([2H])c([2H])c([2H])c(-c3nc(-c4ccccc4)nc(-c4c([2H])c([2H])c5c(oc6c(-c7ccccc7)c([2H])c([2H])c([2H])c65)c4[2H])n3)c2[2H])c([2H])c1[2H]. The zero-order valence-electron chi connectivity index (χ0n) is 37.0. The van der Waals surface area contributed by atoms with Gasteiger partial charge in [0.05, 0.1) is 20.6 Å². The normalized spacial score (nSPS) is 16.1. The van der Waals surface area contributed by atoms with Crippen LogP contribution in [0.25, 0.3) is 78.4 Å². The molecule has 0 amide bonds. The average Bonchev–Trinajstić information content (AvgIpc) is 3.63.